The molecule has 0 heterocycles. The summed E-state index contributed by atoms with van der Waals surface area (Å²) in [6.07, 6.45) is 0.946. The molecule has 0 saturated heterocycles. The summed E-state index contributed by atoms with van der Waals surface area (Å²) >= 11 is 0. The zero-order chi connectivity index (χ0) is 12.7. The van der Waals surface area contributed by atoms with Crippen LogP contribution in [0.5, 0.6) is 0 Å². The molecule has 0 radical (unpaired) electrons. The molecule has 0 saturated carbocycles. The fraction of sp³-hybridized carbons (Fsp3) is 0.833. The van der Waals surface area contributed by atoms with Crippen molar-refractivity contribution in [3.8, 4) is 0 Å². The number of hydrogen-bond donors (Lipinski definition) is 2. The van der Waals surface area contributed by atoms with E-state index in [1.165, 1.54) is 0 Å². The van der Waals surface area contributed by atoms with Crippen LogP contribution in [0, 0.1) is 17.8 Å². The van der Waals surface area contributed by atoms with Gasteiger partial charge in [-0.1, -0.05) is 27.7 Å². The van der Waals surface area contributed by atoms with Gasteiger partial charge in [-0.15, -0.1) is 0 Å². The number of carboxylic acids is 1. The molecule has 94 valence electrons. The molecule has 0 aliphatic carbocycles. The van der Waals surface area contributed by atoms with Gasteiger partial charge in [-0.3, -0.25) is 9.59 Å². The monoisotopic (exact) mass is 229 g/mol. The highest BCUT2D eigenvalue weighted by Gasteiger charge is 2.16. The molecule has 0 rings (SSSR count). The second-order valence-corrected chi connectivity index (χ2v) is 4.99. The van der Waals surface area contributed by atoms with Gasteiger partial charge >= 0.3 is 5.97 Å². The largest absolute Gasteiger partial charge is 0.481 e. The number of carboxylic acid groups (broad SMARTS) is 1. The normalized spacial score (nSPS) is 12.9. The Hall–Kier alpha value is -1.06. The lowest BCUT2D eigenvalue weighted by molar-refractivity contribution is -0.138. The minimum atomic E-state index is -0.801. The predicted octanol–water partition coefficient (Wildman–Crippen LogP) is 1.90. The maximum Gasteiger partial charge on any atom is 0.303 e. The molecule has 4 nitrogen and oxygen atoms in total. The first kappa shape index (κ1) is 14.9. The molecule has 0 aromatic carbocycles. The Balaban J connectivity index is 4.10. The van der Waals surface area contributed by atoms with Crippen molar-refractivity contribution >= 4 is 11.9 Å². The third kappa shape index (κ3) is 7.26. The molecule has 4 heteroatoms. The maximum absolute atomic E-state index is 11.4. The molecular formula is C12H23NO3. The van der Waals surface area contributed by atoms with Gasteiger partial charge in [0.25, 0.3) is 0 Å². The minimum Gasteiger partial charge on any atom is -0.481 e. The summed E-state index contributed by atoms with van der Waals surface area (Å²) in [5.74, 6) is -0.395. The van der Waals surface area contributed by atoms with Crippen molar-refractivity contribution in [1.29, 1.82) is 0 Å². The van der Waals surface area contributed by atoms with E-state index in [1.54, 1.807) is 0 Å². The third-order valence-electron chi connectivity index (χ3n) is 2.36. The quantitative estimate of drug-likeness (QED) is 0.700. The van der Waals surface area contributed by atoms with E-state index in [0.717, 1.165) is 6.42 Å². The van der Waals surface area contributed by atoms with Crippen LogP contribution in [0.2, 0.25) is 0 Å². The van der Waals surface area contributed by atoms with Crippen molar-refractivity contribution in [1.82, 2.24) is 5.32 Å². The second-order valence-electron chi connectivity index (χ2n) is 4.99. The van der Waals surface area contributed by atoms with Gasteiger partial charge in [0.2, 0.25) is 5.91 Å². The molecule has 16 heavy (non-hydrogen) atoms. The lowest BCUT2D eigenvalue weighted by atomic mass is 9.94. The van der Waals surface area contributed by atoms with Crippen molar-refractivity contribution in [2.75, 3.05) is 6.54 Å². The van der Waals surface area contributed by atoms with E-state index in [9.17, 15) is 9.59 Å². The summed E-state index contributed by atoms with van der Waals surface area (Å²) in [5, 5.41) is 11.5. The lowest BCUT2D eigenvalue weighted by Crippen LogP contribution is -2.33. The van der Waals surface area contributed by atoms with Gasteiger partial charge in [0.05, 0.1) is 0 Å². The van der Waals surface area contributed by atoms with E-state index >= 15 is 0 Å². The van der Waals surface area contributed by atoms with Crippen LogP contribution in [0.25, 0.3) is 0 Å². The number of aliphatic carboxylic acids is 1. The second kappa shape index (κ2) is 7.25. The molecule has 0 aliphatic rings. The Kier molecular flexibility index (Phi) is 6.77. The van der Waals surface area contributed by atoms with Crippen molar-refractivity contribution in [2.24, 2.45) is 17.8 Å². The van der Waals surface area contributed by atoms with Crippen molar-refractivity contribution < 1.29 is 14.7 Å². The zero-order valence-corrected chi connectivity index (χ0v) is 10.6. The van der Waals surface area contributed by atoms with Crippen LogP contribution < -0.4 is 5.32 Å². The van der Waals surface area contributed by atoms with Crippen molar-refractivity contribution in [3.63, 3.8) is 0 Å². The van der Waals surface area contributed by atoms with Crippen LogP contribution in [0.3, 0.4) is 0 Å². The molecule has 0 spiro atoms. The molecule has 0 fully saturated rings. The van der Waals surface area contributed by atoms with Gasteiger partial charge in [0.15, 0.2) is 0 Å². The molecule has 1 unspecified atom stereocenters. The van der Waals surface area contributed by atoms with Gasteiger partial charge in [-0.05, 0) is 18.3 Å². The Bertz CT molecular complexity index is 236. The van der Waals surface area contributed by atoms with Gasteiger partial charge in [0, 0.05) is 18.9 Å². The van der Waals surface area contributed by atoms with Gasteiger partial charge in [-0.2, -0.15) is 0 Å². The van der Waals surface area contributed by atoms with Crippen LogP contribution in [0.15, 0.2) is 0 Å². The Morgan fingerprint density at radius 3 is 2.12 bits per heavy atom. The Labute approximate surface area is 97.4 Å². The van der Waals surface area contributed by atoms with Crippen LogP contribution >= 0.6 is 0 Å². The number of carbonyl (C=O) groups is 2. The van der Waals surface area contributed by atoms with Crippen LogP contribution in [0.1, 0.15) is 40.5 Å². The molecule has 0 aromatic heterocycles. The number of hydrogen-bond acceptors (Lipinski definition) is 2. The van der Waals surface area contributed by atoms with Gasteiger partial charge < -0.3 is 10.4 Å². The summed E-state index contributed by atoms with van der Waals surface area (Å²) in [7, 11) is 0. The number of amides is 1. The average molecular weight is 229 g/mol. The molecule has 2 N–H and O–H groups in total. The molecular weight excluding hydrogens is 206 g/mol. The molecule has 0 bridgehead atoms. The highest BCUT2D eigenvalue weighted by Crippen LogP contribution is 2.14. The smallest absolute Gasteiger partial charge is 0.303 e. The molecule has 0 aromatic rings. The van der Waals surface area contributed by atoms with Crippen molar-refractivity contribution in [2.45, 2.75) is 40.5 Å². The van der Waals surface area contributed by atoms with E-state index < -0.39 is 5.97 Å². The van der Waals surface area contributed by atoms with E-state index in [4.69, 9.17) is 5.11 Å². The Morgan fingerprint density at radius 2 is 1.75 bits per heavy atom. The molecule has 1 atom stereocenters. The molecule has 1 amide bonds. The first-order valence-electron chi connectivity index (χ1n) is 5.82. The fourth-order valence-corrected chi connectivity index (χ4v) is 1.60. The lowest BCUT2D eigenvalue weighted by Gasteiger charge is -2.18. The van der Waals surface area contributed by atoms with Crippen LogP contribution in [-0.2, 0) is 9.59 Å². The first-order chi connectivity index (χ1) is 7.32. The van der Waals surface area contributed by atoms with E-state index in [2.05, 4.69) is 19.2 Å². The fourth-order valence-electron chi connectivity index (χ4n) is 1.60. The summed E-state index contributed by atoms with van der Waals surface area (Å²) in [5.41, 5.74) is 0. The minimum absolute atomic E-state index is 0.0147. The topological polar surface area (TPSA) is 66.4 Å². The Morgan fingerprint density at radius 1 is 1.19 bits per heavy atom. The van der Waals surface area contributed by atoms with Crippen LogP contribution in [-0.4, -0.2) is 23.5 Å². The van der Waals surface area contributed by atoms with Gasteiger partial charge in [0.1, 0.15) is 0 Å². The highest BCUT2D eigenvalue weighted by molar-refractivity contribution is 5.77. The predicted molar refractivity (Wildman–Crippen MR) is 63.0 cm³/mol. The van der Waals surface area contributed by atoms with Gasteiger partial charge in [-0.25, -0.2) is 0 Å². The average Bonchev–Trinajstić information content (AvgIpc) is 2.11. The zero-order valence-electron chi connectivity index (χ0n) is 10.6. The standard InChI is InChI=1S/C12H23NO3/c1-8(2)5-10(6-11(14)15)7-13-12(16)9(3)4/h8-10H,5-7H2,1-4H3,(H,13,16)(H,14,15). The first-order valence-corrected chi connectivity index (χ1v) is 5.82. The van der Waals surface area contributed by atoms with E-state index in [-0.39, 0.29) is 24.2 Å². The summed E-state index contributed by atoms with van der Waals surface area (Å²) in [6, 6.07) is 0. The van der Waals surface area contributed by atoms with E-state index in [0.29, 0.717) is 12.5 Å². The molecule has 0 aliphatic heterocycles. The number of nitrogens with one attached hydrogen (secondary N) is 1. The maximum atomic E-state index is 11.4. The third-order valence-corrected chi connectivity index (χ3v) is 2.36. The summed E-state index contributed by atoms with van der Waals surface area (Å²) in [4.78, 5) is 22.0. The van der Waals surface area contributed by atoms with Crippen molar-refractivity contribution in [3.05, 3.63) is 0 Å². The van der Waals surface area contributed by atoms with E-state index in [1.807, 2.05) is 13.8 Å². The SMILES string of the molecule is CC(C)CC(CNC(=O)C(C)C)CC(=O)O. The summed E-state index contributed by atoms with van der Waals surface area (Å²) < 4.78 is 0. The summed E-state index contributed by atoms with van der Waals surface area (Å²) in [6.45, 7) is 8.22. The number of carbonyl (C=O) groups excluding carboxylic acids is 1. The number of rotatable bonds is 7. The van der Waals surface area contributed by atoms with Crippen LogP contribution in [0.4, 0.5) is 0 Å². The highest BCUT2D eigenvalue weighted by atomic mass is 16.4.